The number of nitro benzene ring substituents is 1. The molecule has 40 heavy (non-hydrogen) atoms. The molecule has 1 aliphatic rings. The maximum Gasteiger partial charge on any atom is 0.269 e. The highest BCUT2D eigenvalue weighted by molar-refractivity contribution is 7.99. The highest BCUT2D eigenvalue weighted by atomic mass is 32.2. The first-order valence-corrected chi connectivity index (χ1v) is 14.1. The van der Waals surface area contributed by atoms with Gasteiger partial charge in [0.2, 0.25) is 0 Å². The number of carbonyl (C=O) groups is 1. The molecule has 11 nitrogen and oxygen atoms in total. The third-order valence-corrected chi connectivity index (χ3v) is 8.26. The molecule has 0 saturated carbocycles. The number of carbonyl (C=O) groups excluding carboxylic acids is 1. The number of hydrazone groups is 1. The van der Waals surface area contributed by atoms with E-state index in [4.69, 9.17) is 5.10 Å². The summed E-state index contributed by atoms with van der Waals surface area (Å²) >= 11 is 2.69. The van der Waals surface area contributed by atoms with Gasteiger partial charge in [-0.05, 0) is 36.1 Å². The summed E-state index contributed by atoms with van der Waals surface area (Å²) in [4.78, 5) is 45.0. The topological polar surface area (TPSA) is 139 Å². The van der Waals surface area contributed by atoms with Gasteiger partial charge in [-0.1, -0.05) is 47.7 Å². The second-order valence-corrected chi connectivity index (χ2v) is 11.0. The van der Waals surface area contributed by atoms with E-state index >= 15 is 0 Å². The predicted molar refractivity (Wildman–Crippen MR) is 153 cm³/mol. The molecule has 0 bridgehead atoms. The lowest BCUT2D eigenvalue weighted by atomic mass is 10.00. The average Bonchev–Trinajstić information content (AvgIpc) is 3.72. The normalized spacial score (nSPS) is 15.0. The molecule has 13 heteroatoms. The number of rotatable bonds is 7. The number of H-pyrrole nitrogens is 1. The smallest absolute Gasteiger partial charge is 0.269 e. The zero-order valence-electron chi connectivity index (χ0n) is 21.1. The number of fused-ring (bicyclic) bond motifs is 1. The molecule has 0 fully saturated rings. The molecular weight excluding hydrogens is 550 g/mol. The van der Waals surface area contributed by atoms with Crippen LogP contribution >= 0.6 is 23.1 Å². The fraction of sp³-hybridized carbons (Fsp3) is 0.148. The fourth-order valence-corrected chi connectivity index (χ4v) is 5.88. The second kappa shape index (κ2) is 10.5. The predicted octanol–water partition coefficient (Wildman–Crippen LogP) is 4.86. The molecule has 1 aliphatic heterocycles. The summed E-state index contributed by atoms with van der Waals surface area (Å²) in [5, 5.41) is 24.0. The first-order valence-electron chi connectivity index (χ1n) is 12.2. The minimum Gasteiger partial charge on any atom is -0.301 e. The number of hydrogen-bond acceptors (Lipinski definition) is 9. The number of aromatic nitrogens is 4. The van der Waals surface area contributed by atoms with Gasteiger partial charge < -0.3 is 4.98 Å². The molecule has 0 aliphatic carbocycles. The van der Waals surface area contributed by atoms with E-state index in [1.165, 1.54) is 40.2 Å². The van der Waals surface area contributed by atoms with E-state index in [9.17, 15) is 19.7 Å². The zero-order chi connectivity index (χ0) is 27.8. The van der Waals surface area contributed by atoms with Crippen molar-refractivity contribution in [2.75, 3.05) is 5.75 Å². The SMILES string of the molecule is Cc1ccc(C2CC(c3cccs3)=NN2C(=O)CSc2nc3c(cnn3-c3ccc([N+](=O)[O-])cc3)c(=O)[nH]2)cc1. The van der Waals surface area contributed by atoms with Crippen LogP contribution in [0.4, 0.5) is 5.69 Å². The average molecular weight is 572 g/mol. The van der Waals surface area contributed by atoms with Gasteiger partial charge in [-0.3, -0.25) is 19.7 Å². The van der Waals surface area contributed by atoms with Crippen LogP contribution in [0.3, 0.4) is 0 Å². The molecule has 3 aromatic heterocycles. The molecule has 2 aromatic carbocycles. The molecule has 4 heterocycles. The number of aromatic amines is 1. The van der Waals surface area contributed by atoms with Crippen LogP contribution in [0.5, 0.6) is 0 Å². The Labute approximate surface area is 235 Å². The van der Waals surface area contributed by atoms with Crippen LogP contribution in [0, 0.1) is 17.0 Å². The Hall–Kier alpha value is -4.62. The Kier molecular flexibility index (Phi) is 6.74. The van der Waals surface area contributed by atoms with Crippen LogP contribution in [0.25, 0.3) is 16.7 Å². The standard InChI is InChI=1S/C27H21N7O4S2/c1-16-4-6-17(7-5-16)22-13-21(23-3-2-12-39-23)31-33(22)24(35)15-40-27-29-25-20(26(36)30-27)14-28-32(25)18-8-10-19(11-9-18)34(37)38/h2-12,14,22H,13,15H2,1H3,(H,29,30,36). The Morgan fingerprint density at radius 2 is 1.95 bits per heavy atom. The maximum absolute atomic E-state index is 13.5. The molecule has 1 amide bonds. The Morgan fingerprint density at radius 3 is 2.65 bits per heavy atom. The lowest BCUT2D eigenvalue weighted by Gasteiger charge is -2.22. The highest BCUT2D eigenvalue weighted by Crippen LogP contribution is 2.34. The number of aryl methyl sites for hydroxylation is 1. The summed E-state index contributed by atoms with van der Waals surface area (Å²) in [6, 6.07) is 17.6. The van der Waals surface area contributed by atoms with E-state index < -0.39 is 10.5 Å². The number of hydrogen-bond donors (Lipinski definition) is 1. The van der Waals surface area contributed by atoms with Crippen molar-refractivity contribution in [3.05, 3.63) is 109 Å². The summed E-state index contributed by atoms with van der Waals surface area (Å²) in [5.41, 5.74) is 3.33. The maximum atomic E-state index is 13.5. The van der Waals surface area contributed by atoms with E-state index in [-0.39, 0.29) is 39.6 Å². The van der Waals surface area contributed by atoms with Gasteiger partial charge >= 0.3 is 0 Å². The van der Waals surface area contributed by atoms with Crippen LogP contribution < -0.4 is 5.56 Å². The number of amides is 1. The van der Waals surface area contributed by atoms with Crippen molar-refractivity contribution in [3.8, 4) is 5.69 Å². The van der Waals surface area contributed by atoms with E-state index in [1.54, 1.807) is 11.3 Å². The Bertz CT molecular complexity index is 1810. The van der Waals surface area contributed by atoms with Crippen LogP contribution in [0.2, 0.25) is 0 Å². The van der Waals surface area contributed by atoms with Gasteiger partial charge in [-0.25, -0.2) is 14.7 Å². The number of benzene rings is 2. The number of non-ortho nitro benzene ring substituents is 1. The van der Waals surface area contributed by atoms with Gasteiger partial charge in [0, 0.05) is 18.6 Å². The van der Waals surface area contributed by atoms with E-state index in [2.05, 4.69) is 15.1 Å². The lowest BCUT2D eigenvalue weighted by molar-refractivity contribution is -0.384. The minimum absolute atomic E-state index is 0.00367. The van der Waals surface area contributed by atoms with E-state index in [0.29, 0.717) is 12.1 Å². The molecule has 6 rings (SSSR count). The molecule has 200 valence electrons. The third kappa shape index (κ3) is 4.92. The summed E-state index contributed by atoms with van der Waals surface area (Å²) in [6.07, 6.45) is 1.99. The molecular formula is C27H21N7O4S2. The van der Waals surface area contributed by atoms with Crippen molar-refractivity contribution in [2.45, 2.75) is 24.5 Å². The summed E-state index contributed by atoms with van der Waals surface area (Å²) in [7, 11) is 0. The number of thioether (sulfide) groups is 1. The monoisotopic (exact) mass is 571 g/mol. The van der Waals surface area contributed by atoms with Gasteiger partial charge in [0.15, 0.2) is 10.8 Å². The third-order valence-electron chi connectivity index (χ3n) is 6.49. The van der Waals surface area contributed by atoms with Crippen molar-refractivity contribution in [2.24, 2.45) is 5.10 Å². The molecule has 0 radical (unpaired) electrons. The number of nitrogens with one attached hydrogen (secondary N) is 1. The highest BCUT2D eigenvalue weighted by Gasteiger charge is 2.33. The second-order valence-electron chi connectivity index (χ2n) is 9.12. The lowest BCUT2D eigenvalue weighted by Crippen LogP contribution is -2.28. The number of nitro groups is 1. The fourth-order valence-electron chi connectivity index (χ4n) is 4.45. The van der Waals surface area contributed by atoms with Crippen LogP contribution in [-0.4, -0.2) is 47.1 Å². The van der Waals surface area contributed by atoms with Gasteiger partial charge in [0.05, 0.1) is 39.2 Å². The molecule has 5 aromatic rings. The Morgan fingerprint density at radius 1 is 1.18 bits per heavy atom. The summed E-state index contributed by atoms with van der Waals surface area (Å²) < 4.78 is 1.44. The number of nitrogens with zero attached hydrogens (tertiary/aromatic N) is 6. The van der Waals surface area contributed by atoms with Crippen molar-refractivity contribution in [3.63, 3.8) is 0 Å². The van der Waals surface area contributed by atoms with Gasteiger partial charge in [0.25, 0.3) is 17.2 Å². The Balaban J connectivity index is 1.26. The first-order chi connectivity index (χ1) is 19.4. The van der Waals surface area contributed by atoms with Crippen LogP contribution in [0.1, 0.15) is 28.5 Å². The van der Waals surface area contributed by atoms with Crippen LogP contribution in [0.15, 0.2) is 87.3 Å². The van der Waals surface area contributed by atoms with Gasteiger partial charge in [0.1, 0.15) is 5.39 Å². The molecule has 1 atom stereocenters. The van der Waals surface area contributed by atoms with Crippen molar-refractivity contribution < 1.29 is 9.72 Å². The molecule has 1 unspecified atom stereocenters. The number of thiophene rings is 1. The van der Waals surface area contributed by atoms with E-state index in [1.807, 2.05) is 48.7 Å². The van der Waals surface area contributed by atoms with E-state index in [0.717, 1.165) is 33.5 Å². The molecule has 0 saturated heterocycles. The van der Waals surface area contributed by atoms with Crippen LogP contribution in [-0.2, 0) is 4.79 Å². The van der Waals surface area contributed by atoms with Crippen molar-refractivity contribution in [1.29, 1.82) is 0 Å². The van der Waals surface area contributed by atoms with Crippen molar-refractivity contribution in [1.82, 2.24) is 24.8 Å². The molecule has 0 spiro atoms. The van der Waals surface area contributed by atoms with Gasteiger partial charge in [-0.15, -0.1) is 11.3 Å². The molecule has 1 N–H and O–H groups in total. The summed E-state index contributed by atoms with van der Waals surface area (Å²) in [6.45, 7) is 2.02. The van der Waals surface area contributed by atoms with Crippen molar-refractivity contribution >= 4 is 51.4 Å². The van der Waals surface area contributed by atoms with Gasteiger partial charge in [-0.2, -0.15) is 10.2 Å². The zero-order valence-corrected chi connectivity index (χ0v) is 22.7. The quantitative estimate of drug-likeness (QED) is 0.127. The minimum atomic E-state index is -0.489. The largest absolute Gasteiger partial charge is 0.301 e. The summed E-state index contributed by atoms with van der Waals surface area (Å²) in [5.74, 6) is -0.210. The first kappa shape index (κ1) is 25.6.